The Morgan fingerprint density at radius 2 is 2.04 bits per heavy atom. The lowest BCUT2D eigenvalue weighted by Crippen LogP contribution is -2.02. The zero-order valence-corrected chi connectivity index (χ0v) is 14.4. The summed E-state index contributed by atoms with van der Waals surface area (Å²) in [5, 5.41) is 23.4. The molecule has 128 valence electrons. The van der Waals surface area contributed by atoms with Gasteiger partial charge in [-0.1, -0.05) is 36.0 Å². The number of benzene rings is 2. The van der Waals surface area contributed by atoms with Crippen molar-refractivity contribution in [3.05, 3.63) is 63.7 Å². The zero-order chi connectivity index (χ0) is 17.8. The smallest absolute Gasteiger partial charge is 0.272 e. The summed E-state index contributed by atoms with van der Waals surface area (Å²) in [4.78, 5) is 10.7. The molecule has 8 nitrogen and oxygen atoms in total. The van der Waals surface area contributed by atoms with Crippen LogP contribution < -0.4 is 4.74 Å². The van der Waals surface area contributed by atoms with E-state index in [2.05, 4.69) is 15.5 Å². The fourth-order valence-electron chi connectivity index (χ4n) is 2.39. The fraction of sp³-hybridized carbons (Fsp3) is 0.188. The van der Waals surface area contributed by atoms with Crippen molar-refractivity contribution in [1.82, 2.24) is 20.2 Å². The van der Waals surface area contributed by atoms with Gasteiger partial charge >= 0.3 is 0 Å². The van der Waals surface area contributed by atoms with Crippen LogP contribution in [-0.2, 0) is 5.75 Å². The lowest BCUT2D eigenvalue weighted by Gasteiger charge is -2.09. The topological polar surface area (TPSA) is 96.0 Å². The largest absolute Gasteiger partial charge is 0.494 e. The van der Waals surface area contributed by atoms with E-state index in [0.29, 0.717) is 22.2 Å². The molecule has 0 spiro atoms. The first-order valence-corrected chi connectivity index (χ1v) is 8.38. The standard InChI is InChI=1S/C16H15N5O3S/c1-11-12(6-5-8-13(11)21(22)23)10-25-16-17-18-19-20(16)14-7-3-4-9-15(14)24-2/h3-9H,10H2,1-2H3. The van der Waals surface area contributed by atoms with Gasteiger partial charge in [0.2, 0.25) is 5.16 Å². The first kappa shape index (κ1) is 16.9. The van der Waals surface area contributed by atoms with E-state index in [1.54, 1.807) is 24.8 Å². The normalized spacial score (nSPS) is 10.6. The van der Waals surface area contributed by atoms with Crippen molar-refractivity contribution in [3.63, 3.8) is 0 Å². The highest BCUT2D eigenvalue weighted by atomic mass is 32.2. The number of methoxy groups -OCH3 is 1. The van der Waals surface area contributed by atoms with Crippen molar-refractivity contribution in [1.29, 1.82) is 0 Å². The number of ether oxygens (including phenoxy) is 1. The second kappa shape index (κ2) is 7.31. The van der Waals surface area contributed by atoms with Crippen LogP contribution in [0.5, 0.6) is 5.75 Å². The van der Waals surface area contributed by atoms with Crippen molar-refractivity contribution in [2.45, 2.75) is 17.8 Å². The Labute approximate surface area is 148 Å². The second-order valence-electron chi connectivity index (χ2n) is 5.15. The minimum Gasteiger partial charge on any atom is -0.494 e. The molecule has 1 aromatic heterocycles. The van der Waals surface area contributed by atoms with Crippen molar-refractivity contribution in [2.24, 2.45) is 0 Å². The highest BCUT2D eigenvalue weighted by Crippen LogP contribution is 2.30. The number of tetrazole rings is 1. The highest BCUT2D eigenvalue weighted by Gasteiger charge is 2.16. The first-order valence-electron chi connectivity index (χ1n) is 7.39. The second-order valence-corrected chi connectivity index (χ2v) is 6.09. The van der Waals surface area contributed by atoms with E-state index in [0.717, 1.165) is 11.3 Å². The molecule has 0 aliphatic carbocycles. The molecular weight excluding hydrogens is 342 g/mol. The molecule has 3 aromatic rings. The predicted octanol–water partition coefficient (Wildman–Crippen LogP) is 3.18. The van der Waals surface area contributed by atoms with Crippen molar-refractivity contribution >= 4 is 17.4 Å². The van der Waals surface area contributed by atoms with Crippen molar-refractivity contribution in [2.75, 3.05) is 7.11 Å². The van der Waals surface area contributed by atoms with Crippen LogP contribution in [0.15, 0.2) is 47.6 Å². The van der Waals surface area contributed by atoms with E-state index < -0.39 is 0 Å². The molecule has 0 atom stereocenters. The molecule has 0 fully saturated rings. The van der Waals surface area contributed by atoms with Crippen LogP contribution in [0.4, 0.5) is 5.69 Å². The molecule has 0 N–H and O–H groups in total. The van der Waals surface area contributed by atoms with Gasteiger partial charge < -0.3 is 4.74 Å². The number of hydrogen-bond donors (Lipinski definition) is 0. The molecule has 0 amide bonds. The summed E-state index contributed by atoms with van der Waals surface area (Å²) in [6.07, 6.45) is 0. The summed E-state index contributed by atoms with van der Waals surface area (Å²) in [5.41, 5.74) is 2.36. The molecule has 2 aromatic carbocycles. The maximum atomic E-state index is 11.1. The summed E-state index contributed by atoms with van der Waals surface area (Å²) in [6, 6.07) is 12.5. The van der Waals surface area contributed by atoms with Gasteiger partial charge in [-0.2, -0.15) is 4.68 Å². The summed E-state index contributed by atoms with van der Waals surface area (Å²) >= 11 is 1.40. The minimum absolute atomic E-state index is 0.113. The summed E-state index contributed by atoms with van der Waals surface area (Å²) in [6.45, 7) is 1.75. The van der Waals surface area contributed by atoms with Crippen molar-refractivity contribution in [3.8, 4) is 11.4 Å². The maximum Gasteiger partial charge on any atom is 0.272 e. The van der Waals surface area contributed by atoms with Gasteiger partial charge in [0.25, 0.3) is 5.69 Å². The minimum atomic E-state index is -0.373. The van der Waals surface area contributed by atoms with Crippen LogP contribution in [0.2, 0.25) is 0 Å². The summed E-state index contributed by atoms with van der Waals surface area (Å²) in [7, 11) is 1.59. The summed E-state index contributed by atoms with van der Waals surface area (Å²) < 4.78 is 6.94. The van der Waals surface area contributed by atoms with Crippen molar-refractivity contribution < 1.29 is 9.66 Å². The van der Waals surface area contributed by atoms with E-state index in [9.17, 15) is 10.1 Å². The van der Waals surface area contributed by atoms with Gasteiger partial charge in [-0.25, -0.2) is 0 Å². The highest BCUT2D eigenvalue weighted by molar-refractivity contribution is 7.98. The van der Waals surface area contributed by atoms with Crippen LogP contribution in [0.25, 0.3) is 5.69 Å². The quantitative estimate of drug-likeness (QED) is 0.380. The monoisotopic (exact) mass is 357 g/mol. The molecule has 25 heavy (non-hydrogen) atoms. The Hall–Kier alpha value is -2.94. The third-order valence-electron chi connectivity index (χ3n) is 3.73. The number of nitro benzene ring substituents is 1. The lowest BCUT2D eigenvalue weighted by atomic mass is 10.1. The molecular formula is C16H15N5O3S. The van der Waals surface area contributed by atoms with Gasteiger partial charge in [0.05, 0.1) is 12.0 Å². The number of hydrogen-bond acceptors (Lipinski definition) is 7. The Kier molecular flexibility index (Phi) is 4.94. The maximum absolute atomic E-state index is 11.1. The van der Waals surface area contributed by atoms with Gasteiger partial charge in [-0.15, -0.1) is 5.10 Å². The number of nitrogens with zero attached hydrogens (tertiary/aromatic N) is 5. The molecule has 0 radical (unpaired) electrons. The van der Waals surface area contributed by atoms with E-state index in [1.807, 2.05) is 30.3 Å². The Morgan fingerprint density at radius 3 is 2.80 bits per heavy atom. The van der Waals surface area contributed by atoms with E-state index in [4.69, 9.17) is 4.74 Å². The molecule has 9 heteroatoms. The van der Waals surface area contributed by atoms with Gasteiger partial charge in [0, 0.05) is 17.4 Å². The third-order valence-corrected chi connectivity index (χ3v) is 4.69. The average Bonchev–Trinajstić information content (AvgIpc) is 3.09. The van der Waals surface area contributed by atoms with Gasteiger partial charge in [-0.05, 0) is 35.0 Å². The van der Waals surface area contributed by atoms with Crippen LogP contribution in [0, 0.1) is 17.0 Å². The molecule has 0 aliphatic heterocycles. The van der Waals surface area contributed by atoms with Gasteiger partial charge in [-0.3, -0.25) is 10.1 Å². The Balaban J connectivity index is 1.86. The number of thioether (sulfide) groups is 1. The number of para-hydroxylation sites is 2. The van der Waals surface area contributed by atoms with Crippen LogP contribution in [-0.4, -0.2) is 32.2 Å². The fourth-order valence-corrected chi connectivity index (χ4v) is 3.34. The zero-order valence-electron chi connectivity index (χ0n) is 13.6. The Morgan fingerprint density at radius 1 is 1.24 bits per heavy atom. The predicted molar refractivity (Wildman–Crippen MR) is 93.1 cm³/mol. The molecule has 0 saturated heterocycles. The molecule has 1 heterocycles. The first-order chi connectivity index (χ1) is 12.1. The average molecular weight is 357 g/mol. The molecule has 0 saturated carbocycles. The third kappa shape index (κ3) is 3.45. The Bertz CT molecular complexity index is 912. The summed E-state index contributed by atoms with van der Waals surface area (Å²) in [5.74, 6) is 1.17. The number of rotatable bonds is 6. The van der Waals surface area contributed by atoms with E-state index in [-0.39, 0.29) is 10.6 Å². The number of nitro groups is 1. The van der Waals surface area contributed by atoms with Gasteiger partial charge in [0.1, 0.15) is 11.4 Å². The van der Waals surface area contributed by atoms with Crippen LogP contribution in [0.1, 0.15) is 11.1 Å². The molecule has 0 unspecified atom stereocenters. The van der Waals surface area contributed by atoms with Crippen LogP contribution in [0.3, 0.4) is 0 Å². The van der Waals surface area contributed by atoms with Crippen LogP contribution >= 0.6 is 11.8 Å². The van der Waals surface area contributed by atoms with E-state index in [1.165, 1.54) is 17.8 Å². The SMILES string of the molecule is COc1ccccc1-n1nnnc1SCc1cccc([N+](=O)[O-])c1C. The van der Waals surface area contributed by atoms with Gasteiger partial charge in [0.15, 0.2) is 0 Å². The lowest BCUT2D eigenvalue weighted by molar-refractivity contribution is -0.385. The molecule has 3 rings (SSSR count). The number of aromatic nitrogens is 4. The van der Waals surface area contributed by atoms with E-state index >= 15 is 0 Å². The molecule has 0 bridgehead atoms. The molecule has 0 aliphatic rings.